The third-order valence-corrected chi connectivity index (χ3v) is 6.03. The number of ether oxygens (including phenoxy) is 1. The lowest BCUT2D eigenvalue weighted by Crippen LogP contribution is -2.35. The first kappa shape index (κ1) is 24.4. The summed E-state index contributed by atoms with van der Waals surface area (Å²) >= 11 is 12.2. The summed E-state index contributed by atoms with van der Waals surface area (Å²) in [5.41, 5.74) is 3.03. The number of rotatable bonds is 8. The van der Waals surface area contributed by atoms with Crippen molar-refractivity contribution in [3.8, 4) is 5.75 Å². The number of nitrogens with one attached hydrogen (secondary N) is 3. The van der Waals surface area contributed by atoms with Crippen molar-refractivity contribution in [2.75, 3.05) is 13.7 Å². The van der Waals surface area contributed by atoms with Gasteiger partial charge in [-0.05, 0) is 60.5 Å². The summed E-state index contributed by atoms with van der Waals surface area (Å²) in [7, 11) is 1.59. The maximum absolute atomic E-state index is 13.1. The van der Waals surface area contributed by atoms with E-state index in [9.17, 15) is 9.59 Å². The van der Waals surface area contributed by atoms with Gasteiger partial charge >= 0.3 is 0 Å². The Kier molecular flexibility index (Phi) is 7.75. The van der Waals surface area contributed by atoms with Gasteiger partial charge < -0.3 is 20.4 Å². The topological polar surface area (TPSA) is 83.2 Å². The van der Waals surface area contributed by atoms with Crippen molar-refractivity contribution in [3.05, 3.63) is 105 Å². The minimum atomic E-state index is -0.420. The van der Waals surface area contributed by atoms with Crippen LogP contribution in [0, 0.1) is 0 Å². The first-order chi connectivity index (χ1) is 16.9. The average molecular weight is 508 g/mol. The van der Waals surface area contributed by atoms with Crippen LogP contribution in [0.4, 0.5) is 0 Å². The maximum Gasteiger partial charge on any atom is 0.267 e. The molecule has 0 spiro atoms. The van der Waals surface area contributed by atoms with Gasteiger partial charge in [0.1, 0.15) is 11.4 Å². The van der Waals surface area contributed by atoms with Crippen LogP contribution in [0.1, 0.15) is 21.5 Å². The maximum atomic E-state index is 13.1. The molecule has 178 valence electrons. The summed E-state index contributed by atoms with van der Waals surface area (Å²) in [6.45, 7) is 0.320. The zero-order chi connectivity index (χ0) is 24.8. The SMILES string of the molecule is COc1ccc2[nH]cc(C=C(NC(=O)c3ccccc3)C(=O)NCCc3ccc(Cl)cc3Cl)c2c1. The van der Waals surface area contributed by atoms with Crippen LogP contribution in [0.2, 0.25) is 10.0 Å². The van der Waals surface area contributed by atoms with Crippen molar-refractivity contribution in [2.24, 2.45) is 0 Å². The predicted octanol–water partition coefficient (Wildman–Crippen LogP) is 5.61. The van der Waals surface area contributed by atoms with E-state index in [1.165, 1.54) is 0 Å². The highest BCUT2D eigenvalue weighted by Crippen LogP contribution is 2.25. The molecule has 0 atom stereocenters. The van der Waals surface area contributed by atoms with Crippen molar-refractivity contribution in [1.29, 1.82) is 0 Å². The van der Waals surface area contributed by atoms with Gasteiger partial charge in [-0.15, -0.1) is 0 Å². The molecule has 3 aromatic carbocycles. The molecule has 0 radical (unpaired) electrons. The van der Waals surface area contributed by atoms with E-state index in [0.717, 1.165) is 22.0 Å². The lowest BCUT2D eigenvalue weighted by Gasteiger charge is -2.12. The molecule has 2 amide bonds. The van der Waals surface area contributed by atoms with Crippen LogP contribution >= 0.6 is 23.2 Å². The van der Waals surface area contributed by atoms with E-state index in [0.29, 0.717) is 34.3 Å². The van der Waals surface area contributed by atoms with E-state index in [-0.39, 0.29) is 11.6 Å². The Morgan fingerprint density at radius 2 is 1.83 bits per heavy atom. The van der Waals surface area contributed by atoms with E-state index in [1.54, 1.807) is 55.8 Å². The first-order valence-electron chi connectivity index (χ1n) is 10.9. The lowest BCUT2D eigenvalue weighted by atomic mass is 10.1. The summed E-state index contributed by atoms with van der Waals surface area (Å²) in [4.78, 5) is 29.2. The largest absolute Gasteiger partial charge is 0.497 e. The summed E-state index contributed by atoms with van der Waals surface area (Å²) in [6, 6.07) is 19.6. The van der Waals surface area contributed by atoms with Gasteiger partial charge in [-0.25, -0.2) is 0 Å². The number of hydrogen-bond donors (Lipinski definition) is 3. The fourth-order valence-corrected chi connectivity index (χ4v) is 4.10. The Balaban J connectivity index is 1.58. The normalized spacial score (nSPS) is 11.3. The van der Waals surface area contributed by atoms with Crippen molar-refractivity contribution in [2.45, 2.75) is 6.42 Å². The number of aromatic nitrogens is 1. The van der Waals surface area contributed by atoms with Gasteiger partial charge in [0.05, 0.1) is 7.11 Å². The van der Waals surface area contributed by atoms with Gasteiger partial charge in [-0.2, -0.15) is 0 Å². The predicted molar refractivity (Wildman–Crippen MR) is 140 cm³/mol. The van der Waals surface area contributed by atoms with Gasteiger partial charge in [0.15, 0.2) is 0 Å². The molecule has 6 nitrogen and oxygen atoms in total. The van der Waals surface area contributed by atoms with E-state index >= 15 is 0 Å². The molecule has 35 heavy (non-hydrogen) atoms. The molecule has 0 unspecified atom stereocenters. The van der Waals surface area contributed by atoms with Gasteiger partial charge in [0, 0.05) is 44.8 Å². The third kappa shape index (κ3) is 6.04. The van der Waals surface area contributed by atoms with Gasteiger partial charge in [0.25, 0.3) is 11.8 Å². The minimum Gasteiger partial charge on any atom is -0.497 e. The molecule has 4 aromatic rings. The van der Waals surface area contributed by atoms with E-state index in [4.69, 9.17) is 27.9 Å². The Hall–Kier alpha value is -3.74. The van der Waals surface area contributed by atoms with Crippen LogP contribution < -0.4 is 15.4 Å². The number of amides is 2. The Bertz CT molecular complexity index is 1400. The quantitative estimate of drug-likeness (QED) is 0.271. The van der Waals surface area contributed by atoms with Crippen LogP contribution in [0.5, 0.6) is 5.75 Å². The second-order valence-electron chi connectivity index (χ2n) is 7.78. The molecule has 1 heterocycles. The molecule has 0 fully saturated rings. The van der Waals surface area contributed by atoms with Crippen LogP contribution in [0.25, 0.3) is 17.0 Å². The Labute approximate surface area is 212 Å². The van der Waals surface area contributed by atoms with E-state index in [2.05, 4.69) is 15.6 Å². The monoisotopic (exact) mass is 507 g/mol. The number of carbonyl (C=O) groups excluding carboxylic acids is 2. The zero-order valence-electron chi connectivity index (χ0n) is 18.9. The van der Waals surface area contributed by atoms with Crippen molar-refractivity contribution >= 4 is 52.0 Å². The molecule has 0 aliphatic heterocycles. The summed E-state index contributed by atoms with van der Waals surface area (Å²) in [5.74, 6) is -0.118. The number of H-pyrrole nitrogens is 1. The second kappa shape index (κ2) is 11.1. The van der Waals surface area contributed by atoms with Crippen molar-refractivity contribution in [1.82, 2.24) is 15.6 Å². The molecule has 0 aliphatic rings. The number of benzene rings is 3. The van der Waals surface area contributed by atoms with Crippen LogP contribution in [-0.2, 0) is 11.2 Å². The van der Waals surface area contributed by atoms with Crippen LogP contribution in [-0.4, -0.2) is 30.5 Å². The molecule has 0 aliphatic carbocycles. The van der Waals surface area contributed by atoms with Gasteiger partial charge in [0.2, 0.25) is 0 Å². The molecule has 8 heteroatoms. The number of aromatic amines is 1. The first-order valence-corrected chi connectivity index (χ1v) is 11.7. The van der Waals surface area contributed by atoms with Crippen LogP contribution in [0.3, 0.4) is 0 Å². The average Bonchev–Trinajstić information content (AvgIpc) is 3.27. The zero-order valence-corrected chi connectivity index (χ0v) is 20.4. The highest BCUT2D eigenvalue weighted by atomic mass is 35.5. The van der Waals surface area contributed by atoms with Crippen molar-refractivity contribution in [3.63, 3.8) is 0 Å². The standard InChI is InChI=1S/C27H23Cl2N3O3/c1-35-21-9-10-24-22(15-21)19(16-31-24)13-25(32-26(33)18-5-3-2-4-6-18)27(34)30-12-11-17-7-8-20(28)14-23(17)29/h2-10,13-16,31H,11-12H2,1H3,(H,30,34)(H,32,33). The molecular formula is C27H23Cl2N3O3. The molecule has 1 aromatic heterocycles. The van der Waals surface area contributed by atoms with Gasteiger partial charge in [-0.3, -0.25) is 9.59 Å². The minimum absolute atomic E-state index is 0.116. The lowest BCUT2D eigenvalue weighted by molar-refractivity contribution is -0.117. The second-order valence-corrected chi connectivity index (χ2v) is 8.62. The molecule has 4 rings (SSSR count). The smallest absolute Gasteiger partial charge is 0.267 e. The van der Waals surface area contributed by atoms with Crippen LogP contribution in [0.15, 0.2) is 78.6 Å². The van der Waals surface area contributed by atoms with E-state index in [1.807, 2.05) is 30.3 Å². The van der Waals surface area contributed by atoms with Gasteiger partial charge in [-0.1, -0.05) is 47.5 Å². The number of methoxy groups -OCH3 is 1. The Morgan fingerprint density at radius 3 is 2.57 bits per heavy atom. The number of carbonyl (C=O) groups is 2. The van der Waals surface area contributed by atoms with Crippen molar-refractivity contribution < 1.29 is 14.3 Å². The molecule has 0 bridgehead atoms. The molecule has 3 N–H and O–H groups in total. The Morgan fingerprint density at radius 1 is 1.03 bits per heavy atom. The summed E-state index contributed by atoms with van der Waals surface area (Å²) in [6.07, 6.45) is 3.93. The number of hydrogen-bond acceptors (Lipinski definition) is 3. The fraction of sp³-hybridized carbons (Fsp3) is 0.111. The third-order valence-electron chi connectivity index (χ3n) is 5.44. The number of fused-ring (bicyclic) bond motifs is 1. The summed E-state index contributed by atoms with van der Waals surface area (Å²) in [5, 5.41) is 7.56. The highest BCUT2D eigenvalue weighted by Gasteiger charge is 2.16. The molecule has 0 saturated heterocycles. The fourth-order valence-electron chi connectivity index (χ4n) is 3.60. The highest BCUT2D eigenvalue weighted by molar-refractivity contribution is 6.35. The summed E-state index contributed by atoms with van der Waals surface area (Å²) < 4.78 is 5.33. The molecular weight excluding hydrogens is 485 g/mol. The van der Waals surface area contributed by atoms with E-state index < -0.39 is 5.91 Å². The number of halogens is 2. The molecule has 0 saturated carbocycles.